The average molecular weight is 548 g/mol. The largest absolute Gasteiger partial charge is 0.493 e. The van der Waals surface area contributed by atoms with E-state index in [0.29, 0.717) is 46.6 Å². The lowest BCUT2D eigenvalue weighted by Crippen LogP contribution is -2.32. The molecular formula is C29H26ClN3O4S. The lowest BCUT2D eigenvalue weighted by atomic mass is 10.1. The Bertz CT molecular complexity index is 1390. The van der Waals surface area contributed by atoms with Crippen molar-refractivity contribution in [2.75, 3.05) is 25.7 Å². The average Bonchev–Trinajstić information content (AvgIpc) is 3.25. The summed E-state index contributed by atoms with van der Waals surface area (Å²) in [5, 5.41) is 13.3. The van der Waals surface area contributed by atoms with E-state index in [2.05, 4.69) is 5.32 Å². The number of para-hydroxylation sites is 1. The molecule has 0 spiro atoms. The first-order chi connectivity index (χ1) is 18.4. The molecule has 1 atom stereocenters. The number of rotatable bonds is 9. The van der Waals surface area contributed by atoms with Gasteiger partial charge in [0, 0.05) is 17.3 Å². The molecule has 1 fully saturated rings. The van der Waals surface area contributed by atoms with Gasteiger partial charge in [0.05, 0.1) is 19.5 Å². The van der Waals surface area contributed by atoms with Gasteiger partial charge in [-0.25, -0.2) is 0 Å². The summed E-state index contributed by atoms with van der Waals surface area (Å²) in [6.45, 7) is 0.297. The Hall–Kier alpha value is -3.93. The van der Waals surface area contributed by atoms with E-state index < -0.39 is 11.2 Å². The fourth-order valence-corrected chi connectivity index (χ4v) is 5.51. The highest BCUT2D eigenvalue weighted by Crippen LogP contribution is 2.42. The highest BCUT2D eigenvalue weighted by molar-refractivity contribution is 8.05. The first kappa shape index (κ1) is 27.1. The summed E-state index contributed by atoms with van der Waals surface area (Å²) in [4.78, 5) is 28.2. The van der Waals surface area contributed by atoms with Crippen molar-refractivity contribution in [3.05, 3.63) is 99.5 Å². The molecule has 0 saturated carbocycles. The lowest BCUT2D eigenvalue weighted by molar-refractivity contribution is -0.117. The normalized spacial score (nSPS) is 16.1. The maximum Gasteiger partial charge on any atom is 0.264 e. The van der Waals surface area contributed by atoms with Crippen LogP contribution in [-0.2, 0) is 22.4 Å². The fraction of sp³-hybridized carbons (Fsp3) is 0.207. The number of anilines is 1. The van der Waals surface area contributed by atoms with Crippen LogP contribution in [0, 0.1) is 11.3 Å². The highest BCUT2D eigenvalue weighted by atomic mass is 35.5. The Balaban J connectivity index is 1.55. The molecule has 9 heteroatoms. The van der Waals surface area contributed by atoms with Gasteiger partial charge in [0.15, 0.2) is 11.5 Å². The number of nitriles is 1. The van der Waals surface area contributed by atoms with Crippen molar-refractivity contribution in [1.82, 2.24) is 5.32 Å². The monoisotopic (exact) mass is 547 g/mol. The van der Waals surface area contributed by atoms with Crippen LogP contribution in [0.15, 0.2) is 83.4 Å². The summed E-state index contributed by atoms with van der Waals surface area (Å²) in [6.07, 6.45) is 0.959. The number of carbonyl (C=O) groups excluding carboxylic acids is 2. The molecule has 2 amide bonds. The number of thioether (sulfide) groups is 1. The van der Waals surface area contributed by atoms with Gasteiger partial charge in [0.25, 0.3) is 5.91 Å². The first-order valence-electron chi connectivity index (χ1n) is 11.9. The molecule has 0 aromatic heterocycles. The second-order valence-corrected chi connectivity index (χ2v) is 10.1. The van der Waals surface area contributed by atoms with Crippen LogP contribution in [0.1, 0.15) is 11.1 Å². The van der Waals surface area contributed by atoms with E-state index >= 15 is 0 Å². The van der Waals surface area contributed by atoms with Crippen LogP contribution in [0.4, 0.5) is 5.69 Å². The Morgan fingerprint density at radius 3 is 2.37 bits per heavy atom. The van der Waals surface area contributed by atoms with Crippen LogP contribution in [0.3, 0.4) is 0 Å². The van der Waals surface area contributed by atoms with Crippen molar-refractivity contribution in [1.29, 1.82) is 5.26 Å². The highest BCUT2D eigenvalue weighted by Gasteiger charge is 2.40. The van der Waals surface area contributed by atoms with E-state index in [1.165, 1.54) is 16.7 Å². The van der Waals surface area contributed by atoms with Crippen molar-refractivity contribution in [2.45, 2.75) is 18.1 Å². The Labute approximate surface area is 231 Å². The second-order valence-electron chi connectivity index (χ2n) is 8.43. The molecule has 194 valence electrons. The third-order valence-corrected chi connectivity index (χ3v) is 7.52. The minimum Gasteiger partial charge on any atom is -0.493 e. The van der Waals surface area contributed by atoms with Crippen molar-refractivity contribution >= 4 is 40.9 Å². The molecular weight excluding hydrogens is 522 g/mol. The quantitative estimate of drug-likeness (QED) is 0.294. The van der Waals surface area contributed by atoms with Gasteiger partial charge >= 0.3 is 0 Å². The molecule has 0 bridgehead atoms. The van der Waals surface area contributed by atoms with Crippen molar-refractivity contribution in [3.63, 3.8) is 0 Å². The lowest BCUT2D eigenvalue weighted by Gasteiger charge is -2.18. The first-order valence-corrected chi connectivity index (χ1v) is 13.1. The standard InChI is InChI=1S/C29H26ClN3O4S/c1-36-24-13-10-20(16-25(24)37-2)14-15-32-27(34)23(18-31)29-33(22-6-4-3-5-7-22)28(35)26(38-29)17-19-8-11-21(30)12-9-19/h3-13,16,26H,14-15,17H2,1-2H3,(H,32,34)/b29-23-. The van der Waals surface area contributed by atoms with Gasteiger partial charge in [-0.3, -0.25) is 14.5 Å². The van der Waals surface area contributed by atoms with Crippen LogP contribution < -0.4 is 19.7 Å². The molecule has 1 aliphatic heterocycles. The zero-order valence-corrected chi connectivity index (χ0v) is 22.5. The maximum absolute atomic E-state index is 13.5. The Morgan fingerprint density at radius 2 is 1.71 bits per heavy atom. The van der Waals surface area contributed by atoms with E-state index in [1.54, 1.807) is 44.6 Å². The zero-order chi connectivity index (χ0) is 27.1. The summed E-state index contributed by atoms with van der Waals surface area (Å²) < 4.78 is 10.6. The Morgan fingerprint density at radius 1 is 1.03 bits per heavy atom. The number of carbonyl (C=O) groups is 2. The molecule has 7 nitrogen and oxygen atoms in total. The molecule has 0 radical (unpaired) electrons. The molecule has 38 heavy (non-hydrogen) atoms. The number of methoxy groups -OCH3 is 2. The molecule has 3 aromatic rings. The molecule has 1 aliphatic rings. The summed E-state index contributed by atoms with van der Waals surface area (Å²) in [5.74, 6) is 0.504. The second kappa shape index (κ2) is 12.5. The smallest absolute Gasteiger partial charge is 0.264 e. The summed E-state index contributed by atoms with van der Waals surface area (Å²) >= 11 is 7.24. The van der Waals surface area contributed by atoms with Crippen molar-refractivity contribution in [2.24, 2.45) is 0 Å². The predicted molar refractivity (Wildman–Crippen MR) is 149 cm³/mol. The SMILES string of the molecule is COc1ccc(CCNC(=O)/C(C#N)=C2\SC(Cc3ccc(Cl)cc3)C(=O)N2c2ccccc2)cc1OC. The minimum absolute atomic E-state index is 0.0990. The number of amides is 2. The third-order valence-electron chi connectivity index (χ3n) is 6.00. The van der Waals surface area contributed by atoms with E-state index in [1.807, 2.05) is 48.5 Å². The van der Waals surface area contributed by atoms with E-state index in [0.717, 1.165) is 11.1 Å². The number of nitrogens with one attached hydrogen (secondary N) is 1. The van der Waals surface area contributed by atoms with Crippen LogP contribution in [0.5, 0.6) is 11.5 Å². The van der Waals surface area contributed by atoms with Crippen molar-refractivity contribution in [3.8, 4) is 17.6 Å². The molecule has 3 aromatic carbocycles. The van der Waals surface area contributed by atoms with Gasteiger partial charge in [0.2, 0.25) is 5.91 Å². The van der Waals surface area contributed by atoms with Gasteiger partial charge < -0.3 is 14.8 Å². The van der Waals surface area contributed by atoms with Gasteiger partial charge in [-0.05, 0) is 60.4 Å². The van der Waals surface area contributed by atoms with E-state index in [-0.39, 0.29) is 11.5 Å². The van der Waals surface area contributed by atoms with Crippen LogP contribution in [0.2, 0.25) is 5.02 Å². The number of benzene rings is 3. The van der Waals surface area contributed by atoms with E-state index in [9.17, 15) is 14.9 Å². The summed E-state index contributed by atoms with van der Waals surface area (Å²) in [6, 6.07) is 23.9. The molecule has 1 unspecified atom stereocenters. The molecule has 1 N–H and O–H groups in total. The predicted octanol–water partition coefficient (Wildman–Crippen LogP) is 5.14. The summed E-state index contributed by atoms with van der Waals surface area (Å²) in [7, 11) is 3.13. The van der Waals surface area contributed by atoms with Crippen LogP contribution in [-0.4, -0.2) is 37.8 Å². The topological polar surface area (TPSA) is 91.7 Å². The maximum atomic E-state index is 13.5. The molecule has 1 saturated heterocycles. The summed E-state index contributed by atoms with van der Waals surface area (Å²) in [5.41, 5.74) is 2.38. The van der Waals surface area contributed by atoms with Gasteiger partial charge in [-0.2, -0.15) is 5.26 Å². The van der Waals surface area contributed by atoms with Crippen LogP contribution in [0.25, 0.3) is 0 Å². The third kappa shape index (κ3) is 6.13. The van der Waals surface area contributed by atoms with Gasteiger partial charge in [-0.1, -0.05) is 59.8 Å². The number of nitrogens with zero attached hydrogens (tertiary/aromatic N) is 2. The Kier molecular flexibility index (Phi) is 8.95. The molecule has 0 aliphatic carbocycles. The number of hydrogen-bond donors (Lipinski definition) is 1. The van der Waals surface area contributed by atoms with Crippen molar-refractivity contribution < 1.29 is 19.1 Å². The molecule has 4 rings (SSSR count). The zero-order valence-electron chi connectivity index (χ0n) is 20.9. The van der Waals surface area contributed by atoms with Gasteiger partial charge in [-0.15, -0.1) is 0 Å². The molecule has 1 heterocycles. The number of ether oxygens (including phenoxy) is 2. The van der Waals surface area contributed by atoms with Crippen LogP contribution >= 0.6 is 23.4 Å². The van der Waals surface area contributed by atoms with Gasteiger partial charge in [0.1, 0.15) is 16.7 Å². The number of halogens is 1. The fourth-order valence-electron chi connectivity index (χ4n) is 4.08. The number of hydrogen-bond acceptors (Lipinski definition) is 6. The van der Waals surface area contributed by atoms with E-state index in [4.69, 9.17) is 21.1 Å². The minimum atomic E-state index is -0.531.